The van der Waals surface area contributed by atoms with Crippen LogP contribution >= 0.6 is 12.2 Å². The van der Waals surface area contributed by atoms with Crippen molar-refractivity contribution < 1.29 is 4.79 Å². The van der Waals surface area contributed by atoms with Crippen molar-refractivity contribution in [2.24, 2.45) is 0 Å². The van der Waals surface area contributed by atoms with Gasteiger partial charge in [-0.05, 0) is 92.1 Å². The molecule has 0 radical (unpaired) electrons. The fourth-order valence-electron chi connectivity index (χ4n) is 5.17. The number of rotatable bonds is 7. The number of carbonyl (C=O) groups is 1. The third-order valence-electron chi connectivity index (χ3n) is 7.18. The second-order valence-electron chi connectivity index (χ2n) is 9.67. The van der Waals surface area contributed by atoms with Crippen LogP contribution in [-0.4, -0.2) is 25.6 Å². The lowest BCUT2D eigenvalue weighted by Crippen LogP contribution is -2.29. The quantitative estimate of drug-likeness (QED) is 0.299. The number of nitrogens with one attached hydrogen (secondary N) is 2. The first-order valence-electron chi connectivity index (χ1n) is 12.8. The summed E-state index contributed by atoms with van der Waals surface area (Å²) in [6, 6.07) is 18.1. The van der Waals surface area contributed by atoms with Gasteiger partial charge in [0.2, 0.25) is 5.91 Å². The van der Waals surface area contributed by atoms with E-state index in [4.69, 9.17) is 12.2 Å². The maximum atomic E-state index is 12.0. The Bertz CT molecular complexity index is 1470. The van der Waals surface area contributed by atoms with E-state index in [9.17, 15) is 4.79 Å². The molecule has 38 heavy (non-hydrogen) atoms. The zero-order valence-corrected chi connectivity index (χ0v) is 22.9. The lowest BCUT2D eigenvalue weighted by atomic mass is 9.96. The summed E-state index contributed by atoms with van der Waals surface area (Å²) in [6.45, 7) is 8.91. The number of carbonyl (C=O) groups excluding carboxylic acids is 1. The fraction of sp³-hybridized carbons (Fsp3) is 0.267. The van der Waals surface area contributed by atoms with Crippen LogP contribution in [0.3, 0.4) is 0 Å². The van der Waals surface area contributed by atoms with Gasteiger partial charge in [0.1, 0.15) is 0 Å². The minimum Gasteiger partial charge on any atom is -0.351 e. The Morgan fingerprint density at radius 3 is 2.61 bits per heavy atom. The maximum absolute atomic E-state index is 12.0. The molecule has 2 N–H and O–H groups in total. The molecule has 0 saturated carbocycles. The Balaban J connectivity index is 1.59. The van der Waals surface area contributed by atoms with Crippen molar-refractivity contribution in [3.8, 4) is 0 Å². The van der Waals surface area contributed by atoms with Crippen molar-refractivity contribution in [1.29, 1.82) is 0 Å². The molecule has 1 fully saturated rings. The van der Waals surface area contributed by atoms with Crippen LogP contribution in [0.4, 0.5) is 11.4 Å². The number of nitrogens with zero attached hydrogens (tertiary/aromatic N) is 4. The van der Waals surface area contributed by atoms with Gasteiger partial charge in [-0.25, -0.2) is 0 Å². The topological polar surface area (TPSA) is 75.1 Å². The van der Waals surface area contributed by atoms with Gasteiger partial charge in [0.25, 0.3) is 0 Å². The first-order chi connectivity index (χ1) is 18.4. The summed E-state index contributed by atoms with van der Waals surface area (Å²) in [5.74, 6) is -0.00615. The zero-order valence-electron chi connectivity index (χ0n) is 22.1. The van der Waals surface area contributed by atoms with Crippen molar-refractivity contribution in [1.82, 2.24) is 19.9 Å². The Morgan fingerprint density at radius 2 is 1.92 bits per heavy atom. The number of pyridine rings is 2. The van der Waals surface area contributed by atoms with Gasteiger partial charge in [-0.2, -0.15) is 0 Å². The molecule has 0 aliphatic carbocycles. The van der Waals surface area contributed by atoms with Gasteiger partial charge in [0.15, 0.2) is 5.11 Å². The molecule has 1 amide bonds. The predicted octanol–water partition coefficient (Wildman–Crippen LogP) is 5.78. The second kappa shape index (κ2) is 10.8. The monoisotopic (exact) mass is 524 g/mol. The molecular formula is C30H32N6OS. The van der Waals surface area contributed by atoms with Gasteiger partial charge in [0, 0.05) is 54.3 Å². The first-order valence-corrected chi connectivity index (χ1v) is 13.2. The van der Waals surface area contributed by atoms with Crippen LogP contribution in [0.2, 0.25) is 0 Å². The number of aryl methyl sites for hydroxylation is 2. The van der Waals surface area contributed by atoms with Gasteiger partial charge in [-0.1, -0.05) is 19.1 Å². The van der Waals surface area contributed by atoms with Crippen LogP contribution in [0.1, 0.15) is 59.2 Å². The highest BCUT2D eigenvalue weighted by Crippen LogP contribution is 2.44. The number of amides is 1. The Morgan fingerprint density at radius 1 is 1.08 bits per heavy atom. The number of thiocarbonyl (C=S) groups is 1. The van der Waals surface area contributed by atoms with Crippen LogP contribution in [0.25, 0.3) is 0 Å². The van der Waals surface area contributed by atoms with Gasteiger partial charge in [-0.15, -0.1) is 0 Å². The Labute approximate surface area is 228 Å². The van der Waals surface area contributed by atoms with E-state index in [-0.39, 0.29) is 18.0 Å². The van der Waals surface area contributed by atoms with E-state index >= 15 is 0 Å². The van der Waals surface area contributed by atoms with E-state index in [1.807, 2.05) is 62.6 Å². The van der Waals surface area contributed by atoms with Crippen LogP contribution < -0.4 is 15.5 Å². The fourth-order valence-corrected chi connectivity index (χ4v) is 5.52. The van der Waals surface area contributed by atoms with Crippen LogP contribution in [0.15, 0.2) is 73.2 Å². The Hall–Kier alpha value is -4.04. The molecule has 2 atom stereocenters. The summed E-state index contributed by atoms with van der Waals surface area (Å²) in [5.41, 5.74) is 8.39. The van der Waals surface area contributed by atoms with Crippen LogP contribution in [0, 0.1) is 20.8 Å². The van der Waals surface area contributed by atoms with Gasteiger partial charge >= 0.3 is 0 Å². The molecule has 3 aromatic heterocycles. The van der Waals surface area contributed by atoms with Gasteiger partial charge in [0.05, 0.1) is 17.8 Å². The average Bonchev–Trinajstić information content (AvgIpc) is 3.41. The standard InChI is InChI=1S/C30H32N6OS/c1-5-27(37)33-25-12-11-23(15-19(25)2)36-29(28(34-30(36)38)26-10-6-7-14-32-26)24-16-20(3)35(21(24)4)18-22-9-8-13-31-17-22/h6-17,28-29H,5,18H2,1-4H3,(H,33,37)(H,34,38)/t28-,29-/m0/s1. The lowest BCUT2D eigenvalue weighted by molar-refractivity contribution is -0.115. The lowest BCUT2D eigenvalue weighted by Gasteiger charge is -2.29. The highest BCUT2D eigenvalue weighted by molar-refractivity contribution is 7.80. The first kappa shape index (κ1) is 25.6. The molecule has 1 saturated heterocycles. The van der Waals surface area contributed by atoms with E-state index in [1.54, 1.807) is 6.20 Å². The van der Waals surface area contributed by atoms with Crippen LogP contribution in [0.5, 0.6) is 0 Å². The summed E-state index contributed by atoms with van der Waals surface area (Å²) in [4.78, 5) is 23.2. The summed E-state index contributed by atoms with van der Waals surface area (Å²) < 4.78 is 2.33. The zero-order chi connectivity index (χ0) is 26.8. The second-order valence-corrected chi connectivity index (χ2v) is 10.1. The molecule has 194 valence electrons. The number of anilines is 2. The Kier molecular flexibility index (Phi) is 7.24. The molecule has 8 heteroatoms. The summed E-state index contributed by atoms with van der Waals surface area (Å²) in [5, 5.41) is 7.19. The number of hydrogen-bond acceptors (Lipinski definition) is 4. The summed E-state index contributed by atoms with van der Waals surface area (Å²) in [7, 11) is 0. The molecule has 5 rings (SSSR count). The highest BCUT2D eigenvalue weighted by atomic mass is 32.1. The third kappa shape index (κ3) is 4.91. The van der Waals surface area contributed by atoms with E-state index in [2.05, 4.69) is 62.1 Å². The third-order valence-corrected chi connectivity index (χ3v) is 7.49. The highest BCUT2D eigenvalue weighted by Gasteiger charge is 2.42. The van der Waals surface area contributed by atoms with Crippen molar-refractivity contribution in [3.63, 3.8) is 0 Å². The maximum Gasteiger partial charge on any atom is 0.224 e. The van der Waals surface area contributed by atoms with E-state index in [0.717, 1.165) is 34.7 Å². The number of hydrogen-bond donors (Lipinski definition) is 2. The van der Waals surface area contributed by atoms with Gasteiger partial charge in [-0.3, -0.25) is 14.8 Å². The molecule has 1 aliphatic rings. The van der Waals surface area contributed by atoms with Crippen molar-refractivity contribution in [2.45, 2.75) is 52.7 Å². The minimum atomic E-state index is -0.129. The molecule has 1 aromatic carbocycles. The van der Waals surface area contributed by atoms with E-state index in [0.29, 0.717) is 11.5 Å². The molecule has 1 aliphatic heterocycles. The number of aromatic nitrogens is 3. The SMILES string of the molecule is CCC(=O)Nc1ccc(N2C(=S)N[C@@H](c3ccccn3)[C@@H]2c2cc(C)n(Cc3cccnc3)c2C)cc1C. The van der Waals surface area contributed by atoms with E-state index in [1.165, 1.54) is 17.0 Å². The molecular weight excluding hydrogens is 492 g/mol. The van der Waals surface area contributed by atoms with Gasteiger partial charge < -0.3 is 20.1 Å². The van der Waals surface area contributed by atoms with E-state index < -0.39 is 0 Å². The van der Waals surface area contributed by atoms with Crippen LogP contribution in [-0.2, 0) is 11.3 Å². The summed E-state index contributed by atoms with van der Waals surface area (Å²) >= 11 is 5.93. The molecule has 4 aromatic rings. The van der Waals surface area contributed by atoms with Crippen molar-refractivity contribution in [2.75, 3.05) is 10.2 Å². The molecule has 4 heterocycles. The molecule has 0 bridgehead atoms. The molecule has 0 spiro atoms. The number of benzene rings is 1. The largest absolute Gasteiger partial charge is 0.351 e. The predicted molar refractivity (Wildman–Crippen MR) is 155 cm³/mol. The molecule has 7 nitrogen and oxygen atoms in total. The van der Waals surface area contributed by atoms with Crippen molar-refractivity contribution >= 4 is 34.6 Å². The average molecular weight is 525 g/mol. The van der Waals surface area contributed by atoms with Crippen molar-refractivity contribution in [3.05, 3.63) is 107 Å². The summed E-state index contributed by atoms with van der Waals surface area (Å²) in [6.07, 6.45) is 5.96. The molecule has 0 unspecified atom stereocenters. The minimum absolute atomic E-state index is 0.00615. The normalized spacial score (nSPS) is 16.9. The smallest absolute Gasteiger partial charge is 0.224 e.